The molecule has 19 heavy (non-hydrogen) atoms. The maximum atomic E-state index is 11.8. The van der Waals surface area contributed by atoms with Gasteiger partial charge in [0, 0.05) is 18.5 Å². The van der Waals surface area contributed by atoms with Crippen LogP contribution in [0.1, 0.15) is 16.8 Å². The van der Waals surface area contributed by atoms with Crippen LogP contribution in [0.5, 0.6) is 0 Å². The summed E-state index contributed by atoms with van der Waals surface area (Å²) in [6.45, 7) is 0.190. The van der Waals surface area contributed by atoms with Crippen molar-refractivity contribution in [2.24, 2.45) is 5.92 Å². The van der Waals surface area contributed by atoms with E-state index in [0.29, 0.717) is 5.69 Å². The van der Waals surface area contributed by atoms with Gasteiger partial charge < -0.3 is 4.90 Å². The Hall–Kier alpha value is -1.10. The van der Waals surface area contributed by atoms with Crippen LogP contribution in [0.15, 0.2) is 18.2 Å². The first-order chi connectivity index (χ1) is 8.90. The van der Waals surface area contributed by atoms with E-state index in [9.17, 15) is 14.4 Å². The molecule has 7 heteroatoms. The van der Waals surface area contributed by atoms with E-state index in [1.807, 2.05) is 0 Å². The molecule has 0 spiro atoms. The number of amides is 1. The summed E-state index contributed by atoms with van der Waals surface area (Å²) in [6.07, 6.45) is 0.0643. The van der Waals surface area contributed by atoms with Gasteiger partial charge in [-0.3, -0.25) is 14.4 Å². The third-order valence-electron chi connectivity index (χ3n) is 2.91. The van der Waals surface area contributed by atoms with Crippen LogP contribution in [0.2, 0.25) is 5.02 Å². The third kappa shape index (κ3) is 2.91. The normalized spacial score (nSPS) is 18.8. The van der Waals surface area contributed by atoms with Crippen molar-refractivity contribution in [1.29, 1.82) is 0 Å². The third-order valence-corrected chi connectivity index (χ3v) is 3.74. The lowest BCUT2D eigenvalue weighted by Gasteiger charge is -2.18. The van der Waals surface area contributed by atoms with Gasteiger partial charge in [-0.25, -0.2) is 0 Å². The fraction of sp³-hybridized carbons (Fsp3) is 0.250. The van der Waals surface area contributed by atoms with E-state index >= 15 is 0 Å². The molecule has 1 aromatic carbocycles. The minimum atomic E-state index is -0.630. The molecule has 1 atom stereocenters. The van der Waals surface area contributed by atoms with Crippen molar-refractivity contribution in [3.05, 3.63) is 28.8 Å². The molecule has 0 bridgehead atoms. The second-order valence-corrected chi connectivity index (χ2v) is 5.27. The number of hydrogen-bond donors (Lipinski definition) is 0. The molecule has 4 nitrogen and oxygen atoms in total. The lowest BCUT2D eigenvalue weighted by molar-refractivity contribution is -0.120. The summed E-state index contributed by atoms with van der Waals surface area (Å²) in [4.78, 5) is 35.3. The fourth-order valence-corrected chi connectivity index (χ4v) is 2.49. The quantitative estimate of drug-likeness (QED) is 0.805. The predicted molar refractivity (Wildman–Crippen MR) is 73.0 cm³/mol. The monoisotopic (exact) mass is 319 g/mol. The highest BCUT2D eigenvalue weighted by Crippen LogP contribution is 2.32. The van der Waals surface area contributed by atoms with Gasteiger partial charge in [-0.05, 0) is 41.4 Å². The molecule has 1 aliphatic rings. The molecule has 1 unspecified atom stereocenters. The molecule has 2 rings (SSSR count). The first kappa shape index (κ1) is 14.3. The standard InChI is InChI=1S/C12H8Cl3NO3/c13-8-3-6(11(14)18)1-2-9(8)16-5-7(12(15)19)4-10(16)17/h1-3,7H,4-5H2. The number of benzene rings is 1. The Kier molecular flexibility index (Phi) is 4.13. The van der Waals surface area contributed by atoms with E-state index in [0.717, 1.165) is 0 Å². The Labute approximate surface area is 124 Å². The van der Waals surface area contributed by atoms with Crippen LogP contribution in [0.3, 0.4) is 0 Å². The van der Waals surface area contributed by atoms with E-state index in [4.69, 9.17) is 34.8 Å². The SMILES string of the molecule is O=C(Cl)c1ccc(N2CC(C(=O)Cl)CC2=O)c(Cl)c1. The molecule has 0 aliphatic carbocycles. The summed E-state index contributed by atoms with van der Waals surface area (Å²) in [7, 11) is 0. The zero-order chi connectivity index (χ0) is 14.2. The van der Waals surface area contributed by atoms with E-state index in [1.165, 1.54) is 23.1 Å². The molecule has 0 aromatic heterocycles. The Balaban J connectivity index is 2.30. The van der Waals surface area contributed by atoms with E-state index in [2.05, 4.69) is 0 Å². The van der Waals surface area contributed by atoms with Crippen molar-refractivity contribution >= 4 is 56.9 Å². The number of halogens is 3. The number of carbonyl (C=O) groups excluding carboxylic acids is 3. The number of nitrogens with zero attached hydrogens (tertiary/aromatic N) is 1. The molecule has 0 saturated carbocycles. The zero-order valence-corrected chi connectivity index (χ0v) is 11.8. The molecule has 0 radical (unpaired) electrons. The highest BCUT2D eigenvalue weighted by molar-refractivity contribution is 6.67. The maximum Gasteiger partial charge on any atom is 0.252 e. The Morgan fingerprint density at radius 1 is 1.26 bits per heavy atom. The average Bonchev–Trinajstić information content (AvgIpc) is 2.71. The fourth-order valence-electron chi connectivity index (χ4n) is 1.94. The van der Waals surface area contributed by atoms with Gasteiger partial charge in [0.1, 0.15) is 0 Å². The van der Waals surface area contributed by atoms with Crippen LogP contribution in [0, 0.1) is 5.92 Å². The highest BCUT2D eigenvalue weighted by atomic mass is 35.5. The predicted octanol–water partition coefficient (Wildman–Crippen LogP) is 2.84. The Morgan fingerprint density at radius 2 is 1.95 bits per heavy atom. The van der Waals surface area contributed by atoms with Gasteiger partial charge in [0.25, 0.3) is 5.24 Å². The van der Waals surface area contributed by atoms with Gasteiger partial charge in [-0.1, -0.05) is 11.6 Å². The van der Waals surface area contributed by atoms with Gasteiger partial charge in [0.2, 0.25) is 11.1 Å². The van der Waals surface area contributed by atoms with Gasteiger partial charge in [0.15, 0.2) is 0 Å². The second-order valence-electron chi connectivity index (χ2n) is 4.15. The summed E-state index contributed by atoms with van der Waals surface area (Å²) in [5.74, 6) is -0.759. The molecule has 1 heterocycles. The van der Waals surface area contributed by atoms with Gasteiger partial charge in [0.05, 0.1) is 16.6 Å². The molecular weight excluding hydrogens is 312 g/mol. The van der Waals surface area contributed by atoms with Crippen LogP contribution < -0.4 is 4.90 Å². The van der Waals surface area contributed by atoms with Crippen molar-refractivity contribution < 1.29 is 14.4 Å². The molecule has 1 aliphatic heterocycles. The number of anilines is 1. The van der Waals surface area contributed by atoms with Gasteiger partial charge in [-0.2, -0.15) is 0 Å². The highest BCUT2D eigenvalue weighted by Gasteiger charge is 2.35. The first-order valence-electron chi connectivity index (χ1n) is 5.39. The van der Waals surface area contributed by atoms with Crippen LogP contribution in [0.25, 0.3) is 0 Å². The van der Waals surface area contributed by atoms with Crippen molar-refractivity contribution in [3.63, 3.8) is 0 Å². The van der Waals surface area contributed by atoms with E-state index in [1.54, 1.807) is 0 Å². The summed E-state index contributed by atoms with van der Waals surface area (Å²) < 4.78 is 0. The zero-order valence-electron chi connectivity index (χ0n) is 9.53. The average molecular weight is 321 g/mol. The summed E-state index contributed by atoms with van der Waals surface area (Å²) in [5, 5.41) is -0.947. The summed E-state index contributed by atoms with van der Waals surface area (Å²) in [6, 6.07) is 4.38. The number of hydrogen-bond acceptors (Lipinski definition) is 3. The van der Waals surface area contributed by atoms with Crippen molar-refractivity contribution in [1.82, 2.24) is 0 Å². The van der Waals surface area contributed by atoms with Crippen molar-refractivity contribution in [2.45, 2.75) is 6.42 Å². The minimum Gasteiger partial charge on any atom is -0.310 e. The largest absolute Gasteiger partial charge is 0.310 e. The van der Waals surface area contributed by atoms with Crippen molar-refractivity contribution in [3.8, 4) is 0 Å². The number of rotatable bonds is 3. The van der Waals surface area contributed by atoms with Crippen molar-refractivity contribution in [2.75, 3.05) is 11.4 Å². The first-order valence-corrected chi connectivity index (χ1v) is 6.52. The lowest BCUT2D eigenvalue weighted by Crippen LogP contribution is -2.25. The lowest BCUT2D eigenvalue weighted by atomic mass is 10.1. The van der Waals surface area contributed by atoms with Gasteiger partial charge in [-0.15, -0.1) is 0 Å². The topological polar surface area (TPSA) is 54.5 Å². The second kappa shape index (κ2) is 5.49. The molecule has 1 fully saturated rings. The minimum absolute atomic E-state index is 0.0643. The van der Waals surface area contributed by atoms with Gasteiger partial charge >= 0.3 is 0 Å². The maximum absolute atomic E-state index is 11.8. The summed E-state index contributed by atoms with van der Waals surface area (Å²) >= 11 is 16.8. The molecule has 0 N–H and O–H groups in total. The molecular formula is C12H8Cl3NO3. The van der Waals surface area contributed by atoms with E-state index < -0.39 is 16.4 Å². The molecule has 1 aromatic rings. The smallest absolute Gasteiger partial charge is 0.252 e. The van der Waals surface area contributed by atoms with Crippen LogP contribution in [-0.4, -0.2) is 22.9 Å². The van der Waals surface area contributed by atoms with Crippen LogP contribution >= 0.6 is 34.8 Å². The van der Waals surface area contributed by atoms with Crippen LogP contribution in [0.4, 0.5) is 5.69 Å². The number of carbonyl (C=O) groups is 3. The van der Waals surface area contributed by atoms with Crippen LogP contribution in [-0.2, 0) is 9.59 Å². The van der Waals surface area contributed by atoms with E-state index in [-0.39, 0.29) is 29.5 Å². The molecule has 100 valence electrons. The molecule has 1 saturated heterocycles. The Morgan fingerprint density at radius 3 is 2.42 bits per heavy atom. The summed E-state index contributed by atoms with van der Waals surface area (Å²) in [5.41, 5.74) is 0.681. The molecule has 1 amide bonds. The Bertz CT molecular complexity index is 573.